The van der Waals surface area contributed by atoms with E-state index in [1.807, 2.05) is 36.4 Å². The second-order valence-electron chi connectivity index (χ2n) is 10.2. The number of hydrogen-bond donors (Lipinski definition) is 0. The Kier molecular flexibility index (Phi) is 5.46. The number of para-hydroxylation sites is 3. The van der Waals surface area contributed by atoms with E-state index >= 15 is 0 Å². The van der Waals surface area contributed by atoms with Gasteiger partial charge in [-0.1, -0.05) is 109 Å². The minimum Gasteiger partial charge on any atom is -0.436 e. The highest BCUT2D eigenvalue weighted by molar-refractivity contribution is 6.07. The highest BCUT2D eigenvalue weighted by Gasteiger charge is 2.16. The molecule has 192 valence electrons. The molecule has 2 aromatic heterocycles. The van der Waals surface area contributed by atoms with E-state index in [1.165, 1.54) is 21.9 Å². The standard InChI is InChI=1S/C38H24N2O/c1-2-10-26(11-3-1)37-33(24-28-12-4-7-15-34(28)39-37)32-23-22-29(30-13-5-6-14-31(30)32)25-18-20-27(21-19-25)38-40-35-16-8-9-17-36(35)41-38/h1-24H. The molecular weight excluding hydrogens is 500 g/mol. The second kappa shape index (κ2) is 9.58. The summed E-state index contributed by atoms with van der Waals surface area (Å²) in [7, 11) is 0. The van der Waals surface area contributed by atoms with Crippen molar-refractivity contribution < 1.29 is 4.42 Å². The van der Waals surface area contributed by atoms with Crippen LogP contribution in [0.4, 0.5) is 0 Å². The molecule has 0 amide bonds. The first-order valence-corrected chi connectivity index (χ1v) is 13.8. The van der Waals surface area contributed by atoms with Crippen LogP contribution in [-0.4, -0.2) is 9.97 Å². The van der Waals surface area contributed by atoms with Crippen LogP contribution >= 0.6 is 0 Å². The van der Waals surface area contributed by atoms with Gasteiger partial charge in [0.1, 0.15) is 5.52 Å². The van der Waals surface area contributed by atoms with E-state index in [2.05, 4.69) is 114 Å². The molecule has 6 aromatic carbocycles. The molecule has 0 aliphatic heterocycles. The number of nitrogens with zero attached hydrogens (tertiary/aromatic N) is 2. The van der Waals surface area contributed by atoms with Crippen molar-refractivity contribution >= 4 is 32.8 Å². The van der Waals surface area contributed by atoms with E-state index in [0.29, 0.717) is 5.89 Å². The molecule has 41 heavy (non-hydrogen) atoms. The molecular formula is C38H24N2O. The Morgan fingerprint density at radius 2 is 1.05 bits per heavy atom. The average Bonchev–Trinajstić information content (AvgIpc) is 3.49. The third-order valence-electron chi connectivity index (χ3n) is 7.72. The van der Waals surface area contributed by atoms with Gasteiger partial charge in [0.2, 0.25) is 5.89 Å². The predicted octanol–water partition coefficient (Wildman–Crippen LogP) is 10.2. The minimum atomic E-state index is 0.634. The van der Waals surface area contributed by atoms with Crippen LogP contribution < -0.4 is 0 Å². The van der Waals surface area contributed by atoms with Gasteiger partial charge in [0.15, 0.2) is 5.58 Å². The van der Waals surface area contributed by atoms with Crippen molar-refractivity contribution in [2.75, 3.05) is 0 Å². The van der Waals surface area contributed by atoms with Crippen molar-refractivity contribution in [3.63, 3.8) is 0 Å². The maximum atomic E-state index is 6.00. The van der Waals surface area contributed by atoms with E-state index in [4.69, 9.17) is 9.40 Å². The third-order valence-corrected chi connectivity index (χ3v) is 7.72. The zero-order valence-electron chi connectivity index (χ0n) is 22.2. The Hall–Kier alpha value is -5.54. The molecule has 0 saturated carbocycles. The number of aromatic nitrogens is 2. The summed E-state index contributed by atoms with van der Waals surface area (Å²) in [6.07, 6.45) is 0. The lowest BCUT2D eigenvalue weighted by Crippen LogP contribution is -1.93. The highest BCUT2D eigenvalue weighted by Crippen LogP contribution is 2.40. The van der Waals surface area contributed by atoms with Crippen LogP contribution in [0.5, 0.6) is 0 Å². The number of hydrogen-bond acceptors (Lipinski definition) is 3. The SMILES string of the molecule is c1ccc(-c2nc3ccccc3cc2-c2ccc(-c3ccc(-c4nc5ccccc5o4)cc3)c3ccccc23)cc1. The zero-order valence-corrected chi connectivity index (χ0v) is 22.2. The molecule has 0 unspecified atom stereocenters. The molecule has 0 aliphatic carbocycles. The molecule has 0 fully saturated rings. The Balaban J connectivity index is 1.27. The molecule has 0 aliphatic rings. The molecule has 3 heteroatoms. The molecule has 0 radical (unpaired) electrons. The van der Waals surface area contributed by atoms with Crippen LogP contribution in [-0.2, 0) is 0 Å². The third kappa shape index (κ3) is 4.07. The monoisotopic (exact) mass is 524 g/mol. The number of fused-ring (bicyclic) bond motifs is 3. The second-order valence-corrected chi connectivity index (χ2v) is 10.2. The fourth-order valence-corrected chi connectivity index (χ4v) is 5.71. The van der Waals surface area contributed by atoms with Crippen molar-refractivity contribution in [3.8, 4) is 45.0 Å². The summed E-state index contributed by atoms with van der Waals surface area (Å²) in [4.78, 5) is 9.81. The maximum absolute atomic E-state index is 6.00. The van der Waals surface area contributed by atoms with Gasteiger partial charge >= 0.3 is 0 Å². The predicted molar refractivity (Wildman–Crippen MR) is 169 cm³/mol. The van der Waals surface area contributed by atoms with Crippen LogP contribution in [0.1, 0.15) is 0 Å². The fourth-order valence-electron chi connectivity index (χ4n) is 5.71. The minimum absolute atomic E-state index is 0.634. The summed E-state index contributed by atoms with van der Waals surface area (Å²) in [5.74, 6) is 0.634. The van der Waals surface area contributed by atoms with E-state index in [-0.39, 0.29) is 0 Å². The zero-order chi connectivity index (χ0) is 27.2. The van der Waals surface area contributed by atoms with Crippen LogP contribution in [0, 0.1) is 0 Å². The Morgan fingerprint density at radius 1 is 0.415 bits per heavy atom. The van der Waals surface area contributed by atoms with Gasteiger partial charge in [-0.2, -0.15) is 0 Å². The summed E-state index contributed by atoms with van der Waals surface area (Å²) < 4.78 is 6.00. The molecule has 2 heterocycles. The van der Waals surface area contributed by atoms with E-state index < -0.39 is 0 Å². The molecule has 0 spiro atoms. The lowest BCUT2D eigenvalue weighted by Gasteiger charge is -2.16. The summed E-state index contributed by atoms with van der Waals surface area (Å²) >= 11 is 0. The first-order chi connectivity index (χ1) is 20.3. The van der Waals surface area contributed by atoms with Crippen LogP contribution in [0.2, 0.25) is 0 Å². The number of rotatable bonds is 4. The van der Waals surface area contributed by atoms with Crippen molar-refractivity contribution in [1.29, 1.82) is 0 Å². The van der Waals surface area contributed by atoms with Gasteiger partial charge in [0.05, 0.1) is 11.2 Å². The number of oxazole rings is 1. The number of pyridine rings is 1. The van der Waals surface area contributed by atoms with Gasteiger partial charge in [-0.15, -0.1) is 0 Å². The van der Waals surface area contributed by atoms with Gasteiger partial charge in [0, 0.05) is 22.1 Å². The normalized spacial score (nSPS) is 11.4. The largest absolute Gasteiger partial charge is 0.436 e. The van der Waals surface area contributed by atoms with E-state index in [0.717, 1.165) is 50.0 Å². The van der Waals surface area contributed by atoms with Gasteiger partial charge in [-0.3, -0.25) is 0 Å². The lowest BCUT2D eigenvalue weighted by molar-refractivity contribution is 0.620. The Bertz CT molecular complexity index is 2160. The van der Waals surface area contributed by atoms with Crippen LogP contribution in [0.25, 0.3) is 77.7 Å². The summed E-state index contributed by atoms with van der Waals surface area (Å²) in [6.45, 7) is 0. The smallest absolute Gasteiger partial charge is 0.227 e. The molecule has 0 N–H and O–H groups in total. The number of benzene rings is 6. The Morgan fingerprint density at radius 3 is 1.85 bits per heavy atom. The van der Waals surface area contributed by atoms with Gasteiger partial charge < -0.3 is 4.42 Å². The summed E-state index contributed by atoms with van der Waals surface area (Å²) in [6, 6.07) is 50.5. The topological polar surface area (TPSA) is 38.9 Å². The van der Waals surface area contributed by atoms with Crippen molar-refractivity contribution in [1.82, 2.24) is 9.97 Å². The summed E-state index contributed by atoms with van der Waals surface area (Å²) in [5.41, 5.74) is 10.3. The molecule has 8 rings (SSSR count). The van der Waals surface area contributed by atoms with Crippen LogP contribution in [0.3, 0.4) is 0 Å². The molecule has 0 saturated heterocycles. The molecule has 0 atom stereocenters. The Labute approximate surface area is 237 Å². The van der Waals surface area contributed by atoms with Crippen molar-refractivity contribution in [2.24, 2.45) is 0 Å². The van der Waals surface area contributed by atoms with Crippen LogP contribution in [0.15, 0.2) is 150 Å². The van der Waals surface area contributed by atoms with Gasteiger partial charge in [0.25, 0.3) is 0 Å². The molecule has 0 bridgehead atoms. The van der Waals surface area contributed by atoms with Crippen molar-refractivity contribution in [2.45, 2.75) is 0 Å². The molecule has 8 aromatic rings. The van der Waals surface area contributed by atoms with Gasteiger partial charge in [-0.25, -0.2) is 9.97 Å². The molecule has 3 nitrogen and oxygen atoms in total. The first kappa shape index (κ1) is 23.4. The maximum Gasteiger partial charge on any atom is 0.227 e. The van der Waals surface area contributed by atoms with E-state index in [1.54, 1.807) is 0 Å². The highest BCUT2D eigenvalue weighted by atomic mass is 16.3. The fraction of sp³-hybridized carbons (Fsp3) is 0. The first-order valence-electron chi connectivity index (χ1n) is 13.8. The average molecular weight is 525 g/mol. The van der Waals surface area contributed by atoms with E-state index in [9.17, 15) is 0 Å². The van der Waals surface area contributed by atoms with Gasteiger partial charge in [-0.05, 0) is 63.9 Å². The quantitative estimate of drug-likeness (QED) is 0.230. The van der Waals surface area contributed by atoms with Crippen molar-refractivity contribution in [3.05, 3.63) is 146 Å². The lowest BCUT2D eigenvalue weighted by atomic mass is 9.89. The summed E-state index contributed by atoms with van der Waals surface area (Å²) in [5, 5.41) is 3.53.